The summed E-state index contributed by atoms with van der Waals surface area (Å²) in [5.74, 6) is 1.93. The van der Waals surface area contributed by atoms with Crippen LogP contribution in [0, 0.1) is 22.0 Å². The highest BCUT2D eigenvalue weighted by Crippen LogP contribution is 2.45. The van der Waals surface area contributed by atoms with Gasteiger partial charge in [-0.1, -0.05) is 44.2 Å². The maximum absolute atomic E-state index is 11.4. The number of nitrogens with one attached hydrogen (secondary N) is 1. The third-order valence-corrected chi connectivity index (χ3v) is 8.27. The van der Waals surface area contributed by atoms with Gasteiger partial charge in [-0.15, -0.1) is 0 Å². The molecule has 2 unspecified atom stereocenters. The molecule has 0 aromatic heterocycles. The monoisotopic (exact) mass is 397 g/mol. The molecule has 0 spiro atoms. The van der Waals surface area contributed by atoms with Gasteiger partial charge in [-0.3, -0.25) is 15.0 Å². The number of para-hydroxylation sites is 2. The van der Waals surface area contributed by atoms with Gasteiger partial charge >= 0.3 is 0 Å². The number of nitro benzene ring substituents is 1. The lowest BCUT2D eigenvalue weighted by Crippen LogP contribution is -2.59. The van der Waals surface area contributed by atoms with Crippen LogP contribution in [-0.4, -0.2) is 34.0 Å². The molecule has 0 amide bonds. The highest BCUT2D eigenvalue weighted by Gasteiger charge is 2.44. The van der Waals surface area contributed by atoms with Gasteiger partial charge in [0.1, 0.15) is 5.69 Å². The molecule has 4 fully saturated rings. The van der Waals surface area contributed by atoms with E-state index in [1.807, 2.05) is 12.1 Å². The van der Waals surface area contributed by atoms with E-state index in [4.69, 9.17) is 0 Å². The summed E-state index contributed by atoms with van der Waals surface area (Å²) >= 11 is 0. The van der Waals surface area contributed by atoms with Gasteiger partial charge in [0.2, 0.25) is 0 Å². The van der Waals surface area contributed by atoms with Crippen LogP contribution in [0.25, 0.3) is 0 Å². The van der Waals surface area contributed by atoms with Crippen molar-refractivity contribution in [1.29, 1.82) is 0 Å². The van der Waals surface area contributed by atoms with Gasteiger partial charge in [-0.25, -0.2) is 0 Å². The predicted molar refractivity (Wildman–Crippen MR) is 116 cm³/mol. The number of hydrogen-bond acceptors (Lipinski definition) is 4. The summed E-state index contributed by atoms with van der Waals surface area (Å²) in [6.07, 6.45) is 16.4. The number of hydrogen-bond donors (Lipinski definition) is 1. The highest BCUT2D eigenvalue weighted by molar-refractivity contribution is 5.61. The third-order valence-electron chi connectivity index (χ3n) is 8.27. The molecule has 1 aromatic carbocycles. The van der Waals surface area contributed by atoms with Gasteiger partial charge in [-0.2, -0.15) is 0 Å². The fourth-order valence-corrected chi connectivity index (χ4v) is 7.22. The average Bonchev–Trinajstić information content (AvgIpc) is 2.87. The van der Waals surface area contributed by atoms with E-state index in [2.05, 4.69) is 10.2 Å². The van der Waals surface area contributed by atoms with Crippen LogP contribution < -0.4 is 5.32 Å². The van der Waals surface area contributed by atoms with Crippen molar-refractivity contribution >= 4 is 11.4 Å². The van der Waals surface area contributed by atoms with Crippen molar-refractivity contribution in [2.24, 2.45) is 11.8 Å². The Morgan fingerprint density at radius 1 is 0.828 bits per heavy atom. The fourth-order valence-electron chi connectivity index (χ4n) is 7.22. The zero-order chi connectivity index (χ0) is 19.8. The molecule has 4 bridgehead atoms. The van der Waals surface area contributed by atoms with Gasteiger partial charge < -0.3 is 5.32 Å². The molecule has 2 aliphatic carbocycles. The Bertz CT molecular complexity index is 711. The molecule has 2 heterocycles. The lowest BCUT2D eigenvalue weighted by Gasteiger charge is -2.54. The Kier molecular flexibility index (Phi) is 5.51. The third kappa shape index (κ3) is 4.03. The summed E-state index contributed by atoms with van der Waals surface area (Å²) in [5, 5.41) is 15.0. The summed E-state index contributed by atoms with van der Waals surface area (Å²) < 4.78 is 0. The van der Waals surface area contributed by atoms with E-state index in [1.165, 1.54) is 64.2 Å². The molecule has 2 saturated carbocycles. The van der Waals surface area contributed by atoms with E-state index in [1.54, 1.807) is 12.1 Å². The molecule has 0 radical (unpaired) electrons. The van der Waals surface area contributed by atoms with E-state index in [0.29, 0.717) is 23.8 Å². The van der Waals surface area contributed by atoms with Crippen LogP contribution in [0.1, 0.15) is 77.0 Å². The smallest absolute Gasteiger partial charge is 0.292 e. The summed E-state index contributed by atoms with van der Waals surface area (Å²) in [4.78, 5) is 14.1. The van der Waals surface area contributed by atoms with Gasteiger partial charge in [0.05, 0.1) is 4.92 Å². The molecule has 5 nitrogen and oxygen atoms in total. The number of anilines is 1. The van der Waals surface area contributed by atoms with Crippen LogP contribution >= 0.6 is 0 Å². The standard InChI is InChI=1S/C24H35N3O2/c28-27(29)24-11-4-3-10-23(24)25-19-15-20-8-5-9-21(16-19)26(20)22-13-17-6-1-2-7-18(12-17)14-22/h3-4,10-11,17-22,25H,1-2,5-9,12-16H2/t17-,18+,19?,20-,21+,22?. The maximum atomic E-state index is 11.4. The molecular formula is C24H35N3O2. The highest BCUT2D eigenvalue weighted by atomic mass is 16.6. The Morgan fingerprint density at radius 2 is 1.48 bits per heavy atom. The second kappa shape index (κ2) is 8.25. The Hall–Kier alpha value is -1.62. The zero-order valence-electron chi connectivity index (χ0n) is 17.5. The molecule has 2 aliphatic heterocycles. The molecular weight excluding hydrogens is 362 g/mol. The summed E-state index contributed by atoms with van der Waals surface area (Å²) in [6.45, 7) is 0. The first-order chi connectivity index (χ1) is 14.2. The van der Waals surface area contributed by atoms with E-state index < -0.39 is 0 Å². The summed E-state index contributed by atoms with van der Waals surface area (Å²) in [6, 6.07) is 9.60. The minimum Gasteiger partial charge on any atom is -0.377 e. The minimum atomic E-state index is -0.262. The number of nitro groups is 1. The van der Waals surface area contributed by atoms with E-state index in [0.717, 1.165) is 30.7 Å². The molecule has 29 heavy (non-hydrogen) atoms. The van der Waals surface area contributed by atoms with Crippen LogP contribution in [-0.2, 0) is 0 Å². The lowest BCUT2D eigenvalue weighted by molar-refractivity contribution is -0.384. The van der Waals surface area contributed by atoms with Crippen molar-refractivity contribution < 1.29 is 4.92 Å². The van der Waals surface area contributed by atoms with Crippen LogP contribution in [0.2, 0.25) is 0 Å². The Balaban J connectivity index is 1.30. The van der Waals surface area contributed by atoms with Crippen molar-refractivity contribution in [2.45, 2.75) is 101 Å². The van der Waals surface area contributed by atoms with Crippen molar-refractivity contribution in [3.05, 3.63) is 34.4 Å². The SMILES string of the molecule is O=[N+]([O-])c1ccccc1NC1C[C@H]2CCC[C@@H](C1)N2C1C[C@H]2CCCC[C@@H](C1)C2. The summed E-state index contributed by atoms with van der Waals surface area (Å²) in [5.41, 5.74) is 0.897. The van der Waals surface area contributed by atoms with Crippen LogP contribution in [0.5, 0.6) is 0 Å². The molecule has 5 heteroatoms. The number of rotatable bonds is 4. The number of piperidine rings is 2. The van der Waals surface area contributed by atoms with E-state index in [9.17, 15) is 10.1 Å². The Morgan fingerprint density at radius 3 is 2.14 bits per heavy atom. The van der Waals surface area contributed by atoms with Gasteiger partial charge in [0, 0.05) is 30.2 Å². The van der Waals surface area contributed by atoms with Crippen LogP contribution in [0.3, 0.4) is 0 Å². The summed E-state index contributed by atoms with van der Waals surface area (Å²) in [7, 11) is 0. The first-order valence-corrected chi connectivity index (χ1v) is 11.9. The molecule has 1 aromatic rings. The normalized spacial score (nSPS) is 37.5. The fraction of sp³-hybridized carbons (Fsp3) is 0.750. The Labute approximate surface area is 174 Å². The van der Waals surface area contributed by atoms with Gasteiger partial charge in [0.25, 0.3) is 5.69 Å². The van der Waals surface area contributed by atoms with Gasteiger partial charge in [-0.05, 0) is 62.8 Å². The van der Waals surface area contributed by atoms with E-state index in [-0.39, 0.29) is 10.6 Å². The molecule has 5 rings (SSSR count). The maximum Gasteiger partial charge on any atom is 0.292 e. The van der Waals surface area contributed by atoms with Crippen molar-refractivity contribution in [3.8, 4) is 0 Å². The zero-order valence-corrected chi connectivity index (χ0v) is 17.5. The molecule has 1 N–H and O–H groups in total. The van der Waals surface area contributed by atoms with Gasteiger partial charge in [0.15, 0.2) is 0 Å². The van der Waals surface area contributed by atoms with Crippen LogP contribution in [0.15, 0.2) is 24.3 Å². The van der Waals surface area contributed by atoms with Crippen molar-refractivity contribution in [2.75, 3.05) is 5.32 Å². The van der Waals surface area contributed by atoms with E-state index >= 15 is 0 Å². The molecule has 2 saturated heterocycles. The van der Waals surface area contributed by atoms with Crippen LogP contribution in [0.4, 0.5) is 11.4 Å². The number of nitrogens with zero attached hydrogens (tertiary/aromatic N) is 2. The number of fused-ring (bicyclic) bond motifs is 4. The topological polar surface area (TPSA) is 58.4 Å². The molecule has 158 valence electrons. The molecule has 6 atom stereocenters. The molecule has 4 aliphatic rings. The number of benzene rings is 1. The second-order valence-corrected chi connectivity index (χ2v) is 10.2. The quantitative estimate of drug-likeness (QED) is 0.519. The van der Waals surface area contributed by atoms with Crippen molar-refractivity contribution in [1.82, 2.24) is 4.90 Å². The largest absolute Gasteiger partial charge is 0.377 e. The first-order valence-electron chi connectivity index (χ1n) is 11.9. The van der Waals surface area contributed by atoms with Crippen molar-refractivity contribution in [3.63, 3.8) is 0 Å². The minimum absolute atomic E-state index is 0.205. The lowest BCUT2D eigenvalue weighted by atomic mass is 9.73. The predicted octanol–water partition coefficient (Wildman–Crippen LogP) is 5.75. The second-order valence-electron chi connectivity index (χ2n) is 10.2. The average molecular weight is 398 g/mol. The first kappa shape index (κ1) is 19.3.